The lowest BCUT2D eigenvalue weighted by Gasteiger charge is -2.08. The molecule has 0 aromatic heterocycles. The van der Waals surface area contributed by atoms with Gasteiger partial charge in [0.2, 0.25) is 0 Å². The molecule has 0 amide bonds. The van der Waals surface area contributed by atoms with Crippen LogP contribution in [0.25, 0.3) is 0 Å². The maximum Gasteiger partial charge on any atom is 0.308 e. The van der Waals surface area contributed by atoms with Gasteiger partial charge in [0.15, 0.2) is 0 Å². The Bertz CT molecular complexity index is 136. The third-order valence-electron chi connectivity index (χ3n) is 1.16. The SMILES string of the molecule is CC(C)COC(=O)CC(O)CI. The summed E-state index contributed by atoms with van der Waals surface area (Å²) < 4.78 is 5.44. The zero-order valence-corrected chi connectivity index (χ0v) is 9.58. The number of aliphatic hydroxyl groups is 1. The normalized spacial score (nSPS) is 13.1. The minimum absolute atomic E-state index is 0.107. The molecule has 0 spiro atoms. The predicted molar refractivity (Wildman–Crippen MR) is 55.3 cm³/mol. The number of carbonyl (C=O) groups excluding carboxylic acids is 1. The highest BCUT2D eigenvalue weighted by Gasteiger charge is 2.10. The van der Waals surface area contributed by atoms with Crippen molar-refractivity contribution in [3.8, 4) is 0 Å². The van der Waals surface area contributed by atoms with E-state index in [1.807, 2.05) is 36.4 Å². The maximum atomic E-state index is 10.9. The zero-order chi connectivity index (χ0) is 9.56. The molecule has 0 aromatic carbocycles. The monoisotopic (exact) mass is 286 g/mol. The van der Waals surface area contributed by atoms with Crippen molar-refractivity contribution in [2.24, 2.45) is 5.92 Å². The van der Waals surface area contributed by atoms with Crippen molar-refractivity contribution in [2.75, 3.05) is 11.0 Å². The maximum absolute atomic E-state index is 10.9. The van der Waals surface area contributed by atoms with E-state index in [1.54, 1.807) is 0 Å². The first kappa shape index (κ1) is 12.2. The molecule has 1 N–H and O–H groups in total. The van der Waals surface area contributed by atoms with Crippen LogP contribution in [0.3, 0.4) is 0 Å². The van der Waals surface area contributed by atoms with E-state index in [2.05, 4.69) is 0 Å². The summed E-state index contributed by atoms with van der Waals surface area (Å²) in [5.41, 5.74) is 0. The number of halogens is 1. The van der Waals surface area contributed by atoms with Crippen LogP contribution in [0.4, 0.5) is 0 Å². The fraction of sp³-hybridized carbons (Fsp3) is 0.875. The standard InChI is InChI=1S/C8H15IO3/c1-6(2)5-12-8(11)3-7(10)4-9/h6-7,10H,3-5H2,1-2H3. The smallest absolute Gasteiger partial charge is 0.308 e. The summed E-state index contributed by atoms with van der Waals surface area (Å²) >= 11 is 2.03. The van der Waals surface area contributed by atoms with E-state index < -0.39 is 6.10 Å². The minimum Gasteiger partial charge on any atom is -0.465 e. The topological polar surface area (TPSA) is 46.5 Å². The number of aliphatic hydroxyl groups excluding tert-OH is 1. The summed E-state index contributed by atoms with van der Waals surface area (Å²) in [6, 6.07) is 0. The summed E-state index contributed by atoms with van der Waals surface area (Å²) in [6.07, 6.45) is -0.458. The van der Waals surface area contributed by atoms with Crippen molar-refractivity contribution < 1.29 is 14.6 Å². The fourth-order valence-electron chi connectivity index (χ4n) is 0.565. The van der Waals surface area contributed by atoms with Gasteiger partial charge in [-0.25, -0.2) is 0 Å². The molecule has 0 saturated carbocycles. The molecule has 1 unspecified atom stereocenters. The molecule has 0 aliphatic heterocycles. The van der Waals surface area contributed by atoms with Crippen LogP contribution in [0.2, 0.25) is 0 Å². The van der Waals surface area contributed by atoms with Gasteiger partial charge in [-0.3, -0.25) is 4.79 Å². The molecule has 12 heavy (non-hydrogen) atoms. The Hall–Kier alpha value is 0.160. The molecule has 0 heterocycles. The number of hydrogen-bond acceptors (Lipinski definition) is 3. The number of esters is 1. The first-order valence-corrected chi connectivity index (χ1v) is 5.48. The minimum atomic E-state index is -0.565. The Kier molecular flexibility index (Phi) is 6.74. The van der Waals surface area contributed by atoms with Crippen LogP contribution in [0, 0.1) is 5.92 Å². The lowest BCUT2D eigenvalue weighted by molar-refractivity contribution is -0.146. The van der Waals surface area contributed by atoms with Gasteiger partial charge in [-0.05, 0) is 5.92 Å². The second-order valence-corrected chi connectivity index (χ2v) is 3.97. The highest BCUT2D eigenvalue weighted by Crippen LogP contribution is 2.00. The van der Waals surface area contributed by atoms with Crippen LogP contribution in [0.5, 0.6) is 0 Å². The number of carbonyl (C=O) groups is 1. The van der Waals surface area contributed by atoms with E-state index in [0.717, 1.165) is 0 Å². The molecule has 0 aromatic rings. The second kappa shape index (κ2) is 6.65. The van der Waals surface area contributed by atoms with Crippen molar-refractivity contribution in [3.05, 3.63) is 0 Å². The van der Waals surface area contributed by atoms with E-state index in [0.29, 0.717) is 17.0 Å². The van der Waals surface area contributed by atoms with Crippen molar-refractivity contribution in [1.82, 2.24) is 0 Å². The molecule has 72 valence electrons. The van der Waals surface area contributed by atoms with Crippen LogP contribution in [0.1, 0.15) is 20.3 Å². The molecule has 0 saturated heterocycles. The number of ether oxygens (including phenoxy) is 1. The Labute approximate surface area is 86.6 Å². The van der Waals surface area contributed by atoms with E-state index in [-0.39, 0.29) is 12.4 Å². The first-order chi connectivity index (χ1) is 5.56. The van der Waals surface area contributed by atoms with Crippen LogP contribution in [-0.2, 0) is 9.53 Å². The number of alkyl halides is 1. The third kappa shape index (κ3) is 6.84. The number of hydrogen-bond donors (Lipinski definition) is 1. The molecule has 0 radical (unpaired) electrons. The fourth-order valence-corrected chi connectivity index (χ4v) is 0.877. The van der Waals surface area contributed by atoms with Gasteiger partial charge in [0.05, 0.1) is 19.1 Å². The second-order valence-electron chi connectivity index (χ2n) is 3.09. The summed E-state index contributed by atoms with van der Waals surface area (Å²) in [7, 11) is 0. The molecule has 3 nitrogen and oxygen atoms in total. The third-order valence-corrected chi connectivity index (χ3v) is 2.17. The number of rotatable bonds is 5. The Morgan fingerprint density at radius 1 is 1.58 bits per heavy atom. The molecular weight excluding hydrogens is 271 g/mol. The van der Waals surface area contributed by atoms with Gasteiger partial charge in [-0.15, -0.1) is 0 Å². The summed E-state index contributed by atoms with van der Waals surface area (Å²) in [5, 5.41) is 9.09. The van der Waals surface area contributed by atoms with Crippen LogP contribution in [-0.4, -0.2) is 28.2 Å². The average molecular weight is 286 g/mol. The van der Waals surface area contributed by atoms with Gasteiger partial charge in [0.25, 0.3) is 0 Å². The van der Waals surface area contributed by atoms with E-state index in [9.17, 15) is 4.79 Å². The van der Waals surface area contributed by atoms with E-state index >= 15 is 0 Å². The van der Waals surface area contributed by atoms with Gasteiger partial charge < -0.3 is 9.84 Å². The highest BCUT2D eigenvalue weighted by molar-refractivity contribution is 14.1. The Morgan fingerprint density at radius 3 is 2.58 bits per heavy atom. The van der Waals surface area contributed by atoms with Gasteiger partial charge in [0.1, 0.15) is 0 Å². The zero-order valence-electron chi connectivity index (χ0n) is 7.42. The highest BCUT2D eigenvalue weighted by atomic mass is 127. The molecule has 1 atom stereocenters. The molecule has 4 heteroatoms. The lowest BCUT2D eigenvalue weighted by Crippen LogP contribution is -2.18. The van der Waals surface area contributed by atoms with Gasteiger partial charge in [0, 0.05) is 4.43 Å². The lowest BCUT2D eigenvalue weighted by atomic mass is 10.2. The molecule has 0 rings (SSSR count). The van der Waals surface area contributed by atoms with Gasteiger partial charge in [-0.1, -0.05) is 36.4 Å². The van der Waals surface area contributed by atoms with Crippen LogP contribution < -0.4 is 0 Å². The average Bonchev–Trinajstić information content (AvgIpc) is 2.00. The molecular formula is C8H15IO3. The largest absolute Gasteiger partial charge is 0.465 e. The molecule has 0 aliphatic carbocycles. The van der Waals surface area contributed by atoms with Crippen LogP contribution in [0.15, 0.2) is 0 Å². The van der Waals surface area contributed by atoms with E-state index in [1.165, 1.54) is 0 Å². The quantitative estimate of drug-likeness (QED) is 0.472. The van der Waals surface area contributed by atoms with Crippen molar-refractivity contribution in [1.29, 1.82) is 0 Å². The van der Waals surface area contributed by atoms with Crippen molar-refractivity contribution >= 4 is 28.6 Å². The molecule has 0 fully saturated rings. The Morgan fingerprint density at radius 2 is 2.17 bits per heavy atom. The molecule has 0 bridgehead atoms. The summed E-state index contributed by atoms with van der Waals surface area (Å²) in [6.45, 7) is 4.39. The first-order valence-electron chi connectivity index (χ1n) is 3.96. The summed E-state index contributed by atoms with van der Waals surface area (Å²) in [5.74, 6) is 0.0403. The van der Waals surface area contributed by atoms with Crippen molar-refractivity contribution in [2.45, 2.75) is 26.4 Å². The van der Waals surface area contributed by atoms with Crippen molar-refractivity contribution in [3.63, 3.8) is 0 Å². The predicted octanol–water partition coefficient (Wildman–Crippen LogP) is 1.37. The molecule has 0 aliphatic rings. The van der Waals surface area contributed by atoms with Gasteiger partial charge >= 0.3 is 5.97 Å². The van der Waals surface area contributed by atoms with Crippen LogP contribution >= 0.6 is 22.6 Å². The van der Waals surface area contributed by atoms with E-state index in [4.69, 9.17) is 9.84 Å². The summed E-state index contributed by atoms with van der Waals surface area (Å²) in [4.78, 5) is 10.9. The van der Waals surface area contributed by atoms with Gasteiger partial charge in [-0.2, -0.15) is 0 Å². The Balaban J connectivity index is 3.46.